The summed E-state index contributed by atoms with van der Waals surface area (Å²) in [6, 6.07) is 14.4. The second kappa shape index (κ2) is 9.47. The Labute approximate surface area is 184 Å². The molecular formula is C21H27N3O5S2. The van der Waals surface area contributed by atoms with Crippen LogP contribution in [-0.4, -0.2) is 63.1 Å². The largest absolute Gasteiger partial charge is 0.352 e. The molecule has 2 aromatic carbocycles. The van der Waals surface area contributed by atoms with Crippen molar-refractivity contribution < 1.29 is 21.6 Å². The number of nitrogens with zero attached hydrogens (tertiary/aromatic N) is 2. The van der Waals surface area contributed by atoms with Crippen LogP contribution in [0.4, 0.5) is 0 Å². The number of amides is 1. The highest BCUT2D eigenvalue weighted by atomic mass is 32.2. The first-order chi connectivity index (χ1) is 14.7. The van der Waals surface area contributed by atoms with Crippen molar-refractivity contribution in [1.29, 1.82) is 0 Å². The van der Waals surface area contributed by atoms with Gasteiger partial charge < -0.3 is 5.32 Å². The molecule has 1 amide bonds. The number of sulfonamides is 2. The van der Waals surface area contributed by atoms with Gasteiger partial charge in [0.2, 0.25) is 26.0 Å². The van der Waals surface area contributed by atoms with Crippen molar-refractivity contribution in [2.75, 3.05) is 19.6 Å². The third-order valence-corrected chi connectivity index (χ3v) is 9.13. The third-order valence-electron chi connectivity index (χ3n) is 5.33. The summed E-state index contributed by atoms with van der Waals surface area (Å²) in [4.78, 5) is 13.2. The smallest absolute Gasteiger partial charge is 0.243 e. The molecular weight excluding hydrogens is 438 g/mol. The molecule has 1 saturated heterocycles. The van der Waals surface area contributed by atoms with Crippen LogP contribution in [-0.2, 0) is 24.8 Å². The SMILES string of the molecule is CC[C@@H](C)NC(=O)[C@H]1CN(S(=O)(=O)c2ccccc2)CCN1S(=O)(=O)c1ccccc1. The van der Waals surface area contributed by atoms with Crippen LogP contribution < -0.4 is 5.32 Å². The Balaban J connectivity index is 1.96. The number of hydrogen-bond donors (Lipinski definition) is 1. The molecule has 10 heteroatoms. The standard InChI is InChI=1S/C21H27N3O5S2/c1-3-17(2)22-21(25)20-16-23(30(26,27)18-10-6-4-7-11-18)14-15-24(20)31(28,29)19-12-8-5-9-13-19/h4-13,17,20H,3,14-16H2,1-2H3,(H,22,25)/t17-,20-/m1/s1. The Hall–Kier alpha value is -2.27. The Bertz CT molecular complexity index is 1110. The molecule has 1 fully saturated rings. The molecule has 0 saturated carbocycles. The van der Waals surface area contributed by atoms with E-state index in [1.54, 1.807) is 36.4 Å². The van der Waals surface area contributed by atoms with Crippen LogP contribution >= 0.6 is 0 Å². The third kappa shape index (κ3) is 4.98. The fourth-order valence-electron chi connectivity index (χ4n) is 3.37. The fraction of sp³-hybridized carbons (Fsp3) is 0.381. The van der Waals surface area contributed by atoms with E-state index in [9.17, 15) is 21.6 Å². The van der Waals surface area contributed by atoms with Gasteiger partial charge in [0, 0.05) is 25.7 Å². The second-order valence-corrected chi connectivity index (χ2v) is 11.3. The summed E-state index contributed by atoms with van der Waals surface area (Å²) in [6.07, 6.45) is 0.663. The summed E-state index contributed by atoms with van der Waals surface area (Å²) in [5, 5.41) is 2.80. The molecule has 0 radical (unpaired) electrons. The van der Waals surface area contributed by atoms with Crippen molar-refractivity contribution in [2.24, 2.45) is 0 Å². The first kappa shape index (κ1) is 23.4. The van der Waals surface area contributed by atoms with Gasteiger partial charge in [-0.05, 0) is 37.6 Å². The van der Waals surface area contributed by atoms with E-state index in [-0.39, 0.29) is 35.5 Å². The first-order valence-electron chi connectivity index (χ1n) is 10.1. The highest BCUT2D eigenvalue weighted by molar-refractivity contribution is 7.89. The van der Waals surface area contributed by atoms with E-state index in [4.69, 9.17) is 0 Å². The molecule has 1 N–H and O–H groups in total. The van der Waals surface area contributed by atoms with Crippen LogP contribution in [0.3, 0.4) is 0 Å². The number of rotatable bonds is 7. The lowest BCUT2D eigenvalue weighted by Gasteiger charge is -2.39. The van der Waals surface area contributed by atoms with Crippen molar-refractivity contribution in [3.8, 4) is 0 Å². The quantitative estimate of drug-likeness (QED) is 0.670. The number of piperazine rings is 1. The summed E-state index contributed by atoms with van der Waals surface area (Å²) in [6.45, 7) is 3.29. The molecule has 0 unspecified atom stereocenters. The molecule has 2 aromatic rings. The van der Waals surface area contributed by atoms with E-state index in [2.05, 4.69) is 5.32 Å². The van der Waals surface area contributed by atoms with Crippen molar-refractivity contribution in [1.82, 2.24) is 13.9 Å². The summed E-state index contributed by atoms with van der Waals surface area (Å²) >= 11 is 0. The summed E-state index contributed by atoms with van der Waals surface area (Å²) in [7, 11) is -7.85. The van der Waals surface area contributed by atoms with Gasteiger partial charge in [0.25, 0.3) is 0 Å². The zero-order chi connectivity index (χ0) is 22.6. The molecule has 0 aromatic heterocycles. The predicted molar refractivity (Wildman–Crippen MR) is 117 cm³/mol. The molecule has 168 valence electrons. The lowest BCUT2D eigenvalue weighted by molar-refractivity contribution is -0.126. The van der Waals surface area contributed by atoms with Crippen molar-refractivity contribution in [2.45, 2.75) is 42.1 Å². The van der Waals surface area contributed by atoms with E-state index in [0.717, 1.165) is 4.31 Å². The van der Waals surface area contributed by atoms with Gasteiger partial charge in [-0.25, -0.2) is 16.8 Å². The van der Waals surface area contributed by atoms with Gasteiger partial charge in [-0.15, -0.1) is 0 Å². The number of nitrogens with one attached hydrogen (secondary N) is 1. The molecule has 31 heavy (non-hydrogen) atoms. The molecule has 1 aliphatic rings. The average molecular weight is 466 g/mol. The van der Waals surface area contributed by atoms with Gasteiger partial charge >= 0.3 is 0 Å². The molecule has 2 atom stereocenters. The number of carbonyl (C=O) groups excluding carboxylic acids is 1. The minimum Gasteiger partial charge on any atom is -0.352 e. The lowest BCUT2D eigenvalue weighted by atomic mass is 10.2. The van der Waals surface area contributed by atoms with Crippen LogP contribution in [0.1, 0.15) is 20.3 Å². The molecule has 3 rings (SSSR count). The Morgan fingerprint density at radius 1 is 0.935 bits per heavy atom. The van der Waals surface area contributed by atoms with Crippen molar-refractivity contribution in [3.63, 3.8) is 0 Å². The van der Waals surface area contributed by atoms with Gasteiger partial charge in [0.1, 0.15) is 6.04 Å². The average Bonchev–Trinajstić information content (AvgIpc) is 2.79. The van der Waals surface area contributed by atoms with Crippen LogP contribution in [0, 0.1) is 0 Å². The second-order valence-electron chi connectivity index (χ2n) is 7.44. The Morgan fingerprint density at radius 2 is 1.45 bits per heavy atom. The maximum Gasteiger partial charge on any atom is 0.243 e. The predicted octanol–water partition coefficient (Wildman–Crippen LogP) is 1.67. The maximum absolute atomic E-state index is 13.3. The fourth-order valence-corrected chi connectivity index (χ4v) is 6.42. The molecule has 1 heterocycles. The minimum absolute atomic E-state index is 0.0452. The molecule has 0 bridgehead atoms. The van der Waals surface area contributed by atoms with E-state index in [0.29, 0.717) is 6.42 Å². The first-order valence-corrected chi connectivity index (χ1v) is 13.0. The highest BCUT2D eigenvalue weighted by Gasteiger charge is 2.43. The molecule has 1 aliphatic heterocycles. The van der Waals surface area contributed by atoms with Crippen molar-refractivity contribution in [3.05, 3.63) is 60.7 Å². The van der Waals surface area contributed by atoms with Crippen LogP contribution in [0.25, 0.3) is 0 Å². The highest BCUT2D eigenvalue weighted by Crippen LogP contribution is 2.25. The number of carbonyl (C=O) groups is 1. The normalized spacial score (nSPS) is 19.6. The van der Waals surface area contributed by atoms with E-state index in [1.165, 1.54) is 28.6 Å². The molecule has 0 spiro atoms. The Kier molecular flexibility index (Phi) is 7.15. The zero-order valence-electron chi connectivity index (χ0n) is 17.5. The van der Waals surface area contributed by atoms with Gasteiger partial charge in [0.15, 0.2) is 0 Å². The number of benzene rings is 2. The topological polar surface area (TPSA) is 104 Å². The maximum atomic E-state index is 13.3. The van der Waals surface area contributed by atoms with Crippen LogP contribution in [0.15, 0.2) is 70.5 Å². The van der Waals surface area contributed by atoms with Crippen LogP contribution in [0.2, 0.25) is 0 Å². The van der Waals surface area contributed by atoms with Gasteiger partial charge in [0.05, 0.1) is 9.79 Å². The van der Waals surface area contributed by atoms with Crippen LogP contribution in [0.5, 0.6) is 0 Å². The minimum atomic E-state index is -3.98. The van der Waals surface area contributed by atoms with Gasteiger partial charge in [-0.2, -0.15) is 8.61 Å². The molecule has 0 aliphatic carbocycles. The summed E-state index contributed by atoms with van der Waals surface area (Å²) in [5.74, 6) is -0.512. The van der Waals surface area contributed by atoms with E-state index >= 15 is 0 Å². The van der Waals surface area contributed by atoms with Crippen molar-refractivity contribution >= 4 is 26.0 Å². The summed E-state index contributed by atoms with van der Waals surface area (Å²) < 4.78 is 55.0. The number of hydrogen-bond acceptors (Lipinski definition) is 5. The zero-order valence-corrected chi connectivity index (χ0v) is 19.1. The summed E-state index contributed by atoms with van der Waals surface area (Å²) in [5.41, 5.74) is 0. The van der Waals surface area contributed by atoms with Gasteiger partial charge in [-0.1, -0.05) is 43.3 Å². The van der Waals surface area contributed by atoms with Gasteiger partial charge in [-0.3, -0.25) is 4.79 Å². The van der Waals surface area contributed by atoms with E-state index < -0.39 is 32.0 Å². The Morgan fingerprint density at radius 3 is 1.97 bits per heavy atom. The monoisotopic (exact) mass is 465 g/mol. The molecule has 8 nitrogen and oxygen atoms in total. The lowest BCUT2D eigenvalue weighted by Crippen LogP contribution is -2.61. The van der Waals surface area contributed by atoms with E-state index in [1.807, 2.05) is 13.8 Å².